The first kappa shape index (κ1) is 22.5. The van der Waals surface area contributed by atoms with E-state index in [2.05, 4.69) is 21.2 Å². The van der Waals surface area contributed by atoms with E-state index in [9.17, 15) is 19.5 Å². The van der Waals surface area contributed by atoms with Crippen molar-refractivity contribution in [1.82, 2.24) is 9.88 Å². The number of esters is 1. The van der Waals surface area contributed by atoms with Crippen molar-refractivity contribution in [3.8, 4) is 5.75 Å². The summed E-state index contributed by atoms with van der Waals surface area (Å²) in [5.41, 5.74) is 0.184. The number of ether oxygens (including phenoxy) is 1. The number of benzene rings is 1. The molecule has 1 aromatic carbocycles. The highest BCUT2D eigenvalue weighted by Crippen LogP contribution is 2.33. The number of halogens is 1. The lowest BCUT2D eigenvalue weighted by atomic mass is 10.2. The van der Waals surface area contributed by atoms with Gasteiger partial charge in [0.2, 0.25) is 0 Å². The smallest absolute Gasteiger partial charge is 0.326 e. The Bertz CT molecular complexity index is 958. The summed E-state index contributed by atoms with van der Waals surface area (Å²) in [6.07, 6.45) is 1.53. The molecule has 2 rings (SSSR count). The fourth-order valence-corrected chi connectivity index (χ4v) is 3.15. The zero-order valence-electron chi connectivity index (χ0n) is 16.6. The minimum atomic E-state index is -0.645. The highest BCUT2D eigenvalue weighted by Gasteiger charge is 2.26. The van der Waals surface area contributed by atoms with E-state index in [1.165, 1.54) is 4.57 Å². The van der Waals surface area contributed by atoms with Crippen molar-refractivity contribution < 1.29 is 19.4 Å². The average Bonchev–Trinajstić information content (AvgIpc) is 2.68. The molecule has 0 aliphatic heterocycles. The Morgan fingerprint density at radius 2 is 2.03 bits per heavy atom. The number of hydrogen-bond acceptors (Lipinski definition) is 5. The molecule has 2 aromatic rings. The molecule has 0 atom stereocenters. The van der Waals surface area contributed by atoms with Gasteiger partial charge in [-0.3, -0.25) is 14.5 Å². The van der Waals surface area contributed by atoms with Crippen LogP contribution in [-0.2, 0) is 16.1 Å². The van der Waals surface area contributed by atoms with Crippen molar-refractivity contribution >= 4 is 39.3 Å². The van der Waals surface area contributed by atoms with Gasteiger partial charge in [-0.1, -0.05) is 22.0 Å². The molecule has 2 amide bonds. The van der Waals surface area contributed by atoms with E-state index >= 15 is 0 Å². The monoisotopic (exact) mass is 465 g/mol. The molecule has 29 heavy (non-hydrogen) atoms. The van der Waals surface area contributed by atoms with Gasteiger partial charge in [-0.2, -0.15) is 0 Å². The second-order valence-electron chi connectivity index (χ2n) is 6.20. The molecule has 0 fully saturated rings. The summed E-state index contributed by atoms with van der Waals surface area (Å²) in [6.45, 7) is 5.81. The quantitative estimate of drug-likeness (QED) is 0.609. The summed E-state index contributed by atoms with van der Waals surface area (Å²) in [5, 5.41) is 13.2. The molecule has 0 bridgehead atoms. The minimum Gasteiger partial charge on any atom is -0.505 e. The summed E-state index contributed by atoms with van der Waals surface area (Å²) in [5.74, 6) is -0.714. The van der Waals surface area contributed by atoms with Gasteiger partial charge >= 0.3 is 12.0 Å². The van der Waals surface area contributed by atoms with Crippen LogP contribution in [0.15, 0.2) is 39.7 Å². The van der Waals surface area contributed by atoms with Gasteiger partial charge in [-0.15, -0.1) is 0 Å². The number of nitrogens with zero attached hydrogens (tertiary/aromatic N) is 2. The Labute approximate surface area is 177 Å². The van der Waals surface area contributed by atoms with Gasteiger partial charge in [0.1, 0.15) is 5.75 Å². The zero-order chi connectivity index (χ0) is 21.6. The van der Waals surface area contributed by atoms with Crippen LogP contribution in [0.1, 0.15) is 25.8 Å². The predicted octanol–water partition coefficient (Wildman–Crippen LogP) is 3.45. The SMILES string of the molecule is CCOC(=O)CCNC(=O)N(c1cccc(Br)c1)c1c(O)c(C)cn(CC)c1=O. The summed E-state index contributed by atoms with van der Waals surface area (Å²) in [7, 11) is 0. The number of pyridine rings is 1. The third kappa shape index (κ3) is 5.38. The average molecular weight is 466 g/mol. The van der Waals surface area contributed by atoms with Crippen LogP contribution in [0, 0.1) is 6.92 Å². The normalized spacial score (nSPS) is 10.5. The molecule has 0 aliphatic rings. The Morgan fingerprint density at radius 1 is 1.31 bits per heavy atom. The number of carbonyl (C=O) groups is 2. The van der Waals surface area contributed by atoms with Crippen molar-refractivity contribution in [3.05, 3.63) is 50.9 Å². The third-order valence-corrected chi connectivity index (χ3v) is 4.65. The molecule has 0 spiro atoms. The van der Waals surface area contributed by atoms with Crippen molar-refractivity contribution in [1.29, 1.82) is 0 Å². The third-order valence-electron chi connectivity index (χ3n) is 4.16. The lowest BCUT2D eigenvalue weighted by molar-refractivity contribution is -0.142. The summed E-state index contributed by atoms with van der Waals surface area (Å²) < 4.78 is 6.96. The molecule has 0 unspecified atom stereocenters. The molecule has 0 aliphatic carbocycles. The molecule has 0 radical (unpaired) electrons. The number of aryl methyl sites for hydroxylation is 2. The van der Waals surface area contributed by atoms with Crippen molar-refractivity contribution in [2.75, 3.05) is 18.1 Å². The first-order chi connectivity index (χ1) is 13.8. The van der Waals surface area contributed by atoms with Gasteiger partial charge in [0.25, 0.3) is 5.56 Å². The molecule has 9 heteroatoms. The van der Waals surface area contributed by atoms with Crippen LogP contribution in [0.25, 0.3) is 0 Å². The van der Waals surface area contributed by atoms with Crippen LogP contribution in [0.2, 0.25) is 0 Å². The van der Waals surface area contributed by atoms with Crippen molar-refractivity contribution in [2.24, 2.45) is 0 Å². The van der Waals surface area contributed by atoms with Gasteiger partial charge in [-0.05, 0) is 39.0 Å². The fourth-order valence-electron chi connectivity index (χ4n) is 2.76. The van der Waals surface area contributed by atoms with Gasteiger partial charge < -0.3 is 19.7 Å². The van der Waals surface area contributed by atoms with Crippen LogP contribution < -0.4 is 15.8 Å². The molecular weight excluding hydrogens is 442 g/mol. The maximum atomic E-state index is 13.0. The van der Waals surface area contributed by atoms with E-state index in [0.717, 1.165) is 4.90 Å². The first-order valence-corrected chi connectivity index (χ1v) is 10.0. The molecule has 8 nitrogen and oxygen atoms in total. The number of anilines is 2. The molecule has 1 aromatic heterocycles. The van der Waals surface area contributed by atoms with Crippen LogP contribution in [0.4, 0.5) is 16.2 Å². The Kier molecular flexibility index (Phi) is 7.83. The van der Waals surface area contributed by atoms with E-state index in [-0.39, 0.29) is 31.0 Å². The molecule has 1 heterocycles. The largest absolute Gasteiger partial charge is 0.505 e. The summed E-state index contributed by atoms with van der Waals surface area (Å²) in [6, 6.07) is 6.15. The second kappa shape index (κ2) is 10.1. The first-order valence-electron chi connectivity index (χ1n) is 9.22. The van der Waals surface area contributed by atoms with E-state index in [1.807, 2.05) is 0 Å². The van der Waals surface area contributed by atoms with Crippen LogP contribution >= 0.6 is 15.9 Å². The lowest BCUT2D eigenvalue weighted by Gasteiger charge is -2.25. The van der Waals surface area contributed by atoms with Crippen molar-refractivity contribution in [2.45, 2.75) is 33.7 Å². The molecule has 2 N–H and O–H groups in total. The maximum absolute atomic E-state index is 13.0. The number of aromatic hydroxyl groups is 1. The minimum absolute atomic E-state index is 0.00903. The van der Waals surface area contributed by atoms with E-state index in [0.29, 0.717) is 22.3 Å². The van der Waals surface area contributed by atoms with Gasteiger partial charge in [0.15, 0.2) is 5.69 Å². The highest BCUT2D eigenvalue weighted by atomic mass is 79.9. The standard InChI is InChI=1S/C20H24BrN3O5/c1-4-23-12-13(3)18(26)17(19(23)27)24(15-8-6-7-14(21)11-15)20(28)22-10-9-16(25)29-5-2/h6-8,11-12,26H,4-5,9-10H2,1-3H3,(H,22,28). The Balaban J connectivity index is 2.48. The Morgan fingerprint density at radius 3 is 2.66 bits per heavy atom. The topological polar surface area (TPSA) is 101 Å². The maximum Gasteiger partial charge on any atom is 0.326 e. The van der Waals surface area contributed by atoms with E-state index in [1.54, 1.807) is 51.2 Å². The second-order valence-corrected chi connectivity index (χ2v) is 7.12. The number of nitrogens with one attached hydrogen (secondary N) is 1. The summed E-state index contributed by atoms with van der Waals surface area (Å²) in [4.78, 5) is 38.6. The molecular formula is C20H24BrN3O5. The summed E-state index contributed by atoms with van der Waals surface area (Å²) >= 11 is 3.36. The zero-order valence-corrected chi connectivity index (χ0v) is 18.2. The highest BCUT2D eigenvalue weighted by molar-refractivity contribution is 9.10. The predicted molar refractivity (Wildman–Crippen MR) is 114 cm³/mol. The molecule has 0 saturated heterocycles. The lowest BCUT2D eigenvalue weighted by Crippen LogP contribution is -2.41. The van der Waals surface area contributed by atoms with E-state index in [4.69, 9.17) is 4.74 Å². The van der Waals surface area contributed by atoms with Crippen LogP contribution in [-0.4, -0.2) is 34.8 Å². The number of urea groups is 1. The van der Waals surface area contributed by atoms with Gasteiger partial charge in [0.05, 0.1) is 18.7 Å². The van der Waals surface area contributed by atoms with Gasteiger partial charge in [0, 0.05) is 29.3 Å². The molecule has 156 valence electrons. The number of carbonyl (C=O) groups excluding carboxylic acids is 2. The Hall–Kier alpha value is -2.81. The van der Waals surface area contributed by atoms with Crippen LogP contribution in [0.3, 0.4) is 0 Å². The number of aromatic nitrogens is 1. The van der Waals surface area contributed by atoms with Gasteiger partial charge in [-0.25, -0.2) is 4.79 Å². The molecule has 0 saturated carbocycles. The number of hydrogen-bond donors (Lipinski definition) is 2. The van der Waals surface area contributed by atoms with Crippen LogP contribution in [0.5, 0.6) is 5.75 Å². The van der Waals surface area contributed by atoms with E-state index < -0.39 is 17.6 Å². The van der Waals surface area contributed by atoms with Crippen molar-refractivity contribution in [3.63, 3.8) is 0 Å². The number of rotatable bonds is 7. The number of amides is 2. The fraction of sp³-hybridized carbons (Fsp3) is 0.350.